The maximum absolute atomic E-state index is 11.9. The Labute approximate surface area is 137 Å². The highest BCUT2D eigenvalue weighted by Crippen LogP contribution is 2.29. The number of methoxy groups -OCH3 is 1. The maximum Gasteiger partial charge on any atom is 0.271 e. The molecule has 0 aliphatic carbocycles. The third-order valence-corrected chi connectivity index (χ3v) is 3.74. The van der Waals surface area contributed by atoms with E-state index in [0.29, 0.717) is 27.6 Å². The zero-order chi connectivity index (χ0) is 17.1. The molecule has 6 nitrogen and oxygen atoms in total. The van der Waals surface area contributed by atoms with Gasteiger partial charge < -0.3 is 9.84 Å². The van der Waals surface area contributed by atoms with Crippen molar-refractivity contribution in [3.63, 3.8) is 0 Å². The second-order valence-corrected chi connectivity index (χ2v) is 5.20. The first-order valence-corrected chi connectivity index (χ1v) is 6.98. The smallest absolute Gasteiger partial charge is 0.271 e. The third-order valence-electron chi connectivity index (χ3n) is 3.45. The van der Waals surface area contributed by atoms with Gasteiger partial charge in [0.1, 0.15) is 17.4 Å². The van der Waals surface area contributed by atoms with Crippen molar-refractivity contribution in [3.05, 3.63) is 50.3 Å². The molecular formula is C16H14ClN3O3. The third kappa shape index (κ3) is 3.05. The molecule has 118 valence electrons. The monoisotopic (exact) mass is 331 g/mol. The van der Waals surface area contributed by atoms with E-state index in [4.69, 9.17) is 21.6 Å². The lowest BCUT2D eigenvalue weighted by Gasteiger charge is -2.09. The Balaban J connectivity index is 2.52. The Morgan fingerprint density at radius 3 is 2.74 bits per heavy atom. The average Bonchev–Trinajstić information content (AvgIpc) is 2.53. The standard InChI is InChI=1S/C16H14ClN3O3/c1-9-11(7-18)15(21)20(2)16(22)12(9)8-19-10-4-5-14(23-3)13(17)6-10/h4-6,8,22H,1-3H3. The van der Waals surface area contributed by atoms with E-state index >= 15 is 0 Å². The molecule has 1 aromatic heterocycles. The largest absolute Gasteiger partial charge is 0.495 e. The summed E-state index contributed by atoms with van der Waals surface area (Å²) < 4.78 is 6.07. The number of aliphatic imine (C=N–C) groups is 1. The highest BCUT2D eigenvalue weighted by Gasteiger charge is 2.15. The van der Waals surface area contributed by atoms with E-state index in [0.717, 1.165) is 4.57 Å². The van der Waals surface area contributed by atoms with E-state index in [9.17, 15) is 9.90 Å². The first kappa shape index (κ1) is 16.6. The van der Waals surface area contributed by atoms with Crippen LogP contribution in [0.15, 0.2) is 28.0 Å². The van der Waals surface area contributed by atoms with Crippen molar-refractivity contribution in [1.82, 2.24) is 4.57 Å². The zero-order valence-corrected chi connectivity index (χ0v) is 13.5. The van der Waals surface area contributed by atoms with Crippen molar-refractivity contribution in [2.45, 2.75) is 6.92 Å². The normalized spacial score (nSPS) is 10.7. The van der Waals surface area contributed by atoms with Crippen LogP contribution in [-0.2, 0) is 7.05 Å². The van der Waals surface area contributed by atoms with Crippen LogP contribution in [0, 0.1) is 18.3 Å². The van der Waals surface area contributed by atoms with Crippen molar-refractivity contribution in [3.8, 4) is 17.7 Å². The number of ether oxygens (including phenoxy) is 1. The molecule has 7 heteroatoms. The highest BCUT2D eigenvalue weighted by molar-refractivity contribution is 6.32. The van der Waals surface area contributed by atoms with Crippen molar-refractivity contribution < 1.29 is 9.84 Å². The summed E-state index contributed by atoms with van der Waals surface area (Å²) >= 11 is 6.03. The average molecular weight is 332 g/mol. The maximum atomic E-state index is 11.9. The number of nitrogens with zero attached hydrogens (tertiary/aromatic N) is 3. The van der Waals surface area contributed by atoms with Crippen molar-refractivity contribution >= 4 is 23.5 Å². The number of nitriles is 1. The molecule has 0 unspecified atom stereocenters. The van der Waals surface area contributed by atoms with Crippen LogP contribution in [0.4, 0.5) is 5.69 Å². The molecule has 1 N–H and O–H groups in total. The number of pyridine rings is 1. The molecule has 23 heavy (non-hydrogen) atoms. The fraction of sp³-hybridized carbons (Fsp3) is 0.188. The number of hydrogen-bond acceptors (Lipinski definition) is 5. The Morgan fingerprint density at radius 2 is 2.17 bits per heavy atom. The minimum Gasteiger partial charge on any atom is -0.495 e. The predicted molar refractivity (Wildman–Crippen MR) is 88.1 cm³/mol. The summed E-state index contributed by atoms with van der Waals surface area (Å²) in [4.78, 5) is 16.1. The Hall–Kier alpha value is -2.78. The van der Waals surface area contributed by atoms with Crippen LogP contribution in [-0.4, -0.2) is 23.0 Å². The van der Waals surface area contributed by atoms with Gasteiger partial charge in [-0.25, -0.2) is 0 Å². The van der Waals surface area contributed by atoms with Crippen LogP contribution >= 0.6 is 11.6 Å². The van der Waals surface area contributed by atoms with Crippen LogP contribution in [0.2, 0.25) is 5.02 Å². The van der Waals surface area contributed by atoms with Gasteiger partial charge in [0.05, 0.1) is 23.4 Å². The van der Waals surface area contributed by atoms with Crippen LogP contribution in [0.25, 0.3) is 0 Å². The lowest BCUT2D eigenvalue weighted by atomic mass is 10.1. The Kier molecular flexibility index (Phi) is 4.72. The molecule has 1 heterocycles. The predicted octanol–water partition coefficient (Wildman–Crippen LogP) is 2.68. The highest BCUT2D eigenvalue weighted by atomic mass is 35.5. The second kappa shape index (κ2) is 6.55. The van der Waals surface area contributed by atoms with Gasteiger partial charge in [0.15, 0.2) is 0 Å². The molecule has 0 fully saturated rings. The van der Waals surface area contributed by atoms with Gasteiger partial charge in [0, 0.05) is 13.3 Å². The van der Waals surface area contributed by atoms with Crippen molar-refractivity contribution in [2.24, 2.45) is 12.0 Å². The lowest BCUT2D eigenvalue weighted by molar-refractivity contribution is 0.415. The van der Waals surface area contributed by atoms with Crippen molar-refractivity contribution in [1.29, 1.82) is 5.26 Å². The first-order chi connectivity index (χ1) is 10.9. The summed E-state index contributed by atoms with van der Waals surface area (Å²) in [5.74, 6) is 0.272. The van der Waals surface area contributed by atoms with E-state index in [1.165, 1.54) is 20.4 Å². The van der Waals surface area contributed by atoms with E-state index in [1.807, 2.05) is 6.07 Å². The molecule has 1 aromatic carbocycles. The summed E-state index contributed by atoms with van der Waals surface area (Å²) in [6.07, 6.45) is 1.39. The van der Waals surface area contributed by atoms with Crippen LogP contribution in [0.3, 0.4) is 0 Å². The van der Waals surface area contributed by atoms with Gasteiger partial charge in [-0.15, -0.1) is 0 Å². The van der Waals surface area contributed by atoms with E-state index < -0.39 is 5.56 Å². The van der Waals surface area contributed by atoms with Gasteiger partial charge in [-0.1, -0.05) is 11.6 Å². The molecule has 0 bridgehead atoms. The van der Waals surface area contributed by atoms with Gasteiger partial charge >= 0.3 is 0 Å². The molecular weight excluding hydrogens is 318 g/mol. The quantitative estimate of drug-likeness (QED) is 0.876. The molecule has 2 rings (SSSR count). The molecule has 0 saturated carbocycles. The Morgan fingerprint density at radius 1 is 1.48 bits per heavy atom. The summed E-state index contributed by atoms with van der Waals surface area (Å²) in [6.45, 7) is 1.59. The fourth-order valence-electron chi connectivity index (χ4n) is 2.07. The SMILES string of the molecule is COc1ccc(N=Cc2c(C)c(C#N)c(=O)n(C)c2O)cc1Cl. The fourth-order valence-corrected chi connectivity index (χ4v) is 2.32. The van der Waals surface area contributed by atoms with Crippen LogP contribution in [0.1, 0.15) is 16.7 Å². The second-order valence-electron chi connectivity index (χ2n) is 4.79. The molecule has 0 aliphatic heterocycles. The van der Waals surface area contributed by atoms with Gasteiger partial charge in [0.2, 0.25) is 5.88 Å². The summed E-state index contributed by atoms with van der Waals surface area (Å²) in [5.41, 5.74) is 0.640. The van der Waals surface area contributed by atoms with Gasteiger partial charge in [-0.3, -0.25) is 14.4 Å². The molecule has 0 radical (unpaired) electrons. The topological polar surface area (TPSA) is 87.6 Å². The summed E-state index contributed by atoms with van der Waals surface area (Å²) in [7, 11) is 2.90. The van der Waals surface area contributed by atoms with E-state index in [-0.39, 0.29) is 11.4 Å². The number of hydrogen-bond donors (Lipinski definition) is 1. The van der Waals surface area contributed by atoms with E-state index in [2.05, 4.69) is 4.99 Å². The molecule has 2 aromatic rings. The molecule has 0 spiro atoms. The first-order valence-electron chi connectivity index (χ1n) is 6.61. The summed E-state index contributed by atoms with van der Waals surface area (Å²) in [6, 6.07) is 6.82. The van der Waals surface area contributed by atoms with Crippen molar-refractivity contribution in [2.75, 3.05) is 7.11 Å². The van der Waals surface area contributed by atoms with Crippen LogP contribution < -0.4 is 10.3 Å². The van der Waals surface area contributed by atoms with Gasteiger partial charge in [-0.05, 0) is 30.7 Å². The number of aromatic nitrogens is 1. The number of rotatable bonds is 3. The molecule has 0 amide bonds. The van der Waals surface area contributed by atoms with E-state index in [1.54, 1.807) is 25.1 Å². The molecule has 0 atom stereocenters. The molecule has 0 saturated heterocycles. The number of halogens is 1. The van der Waals surface area contributed by atoms with Crippen LogP contribution in [0.5, 0.6) is 11.6 Å². The minimum atomic E-state index is -0.549. The van der Waals surface area contributed by atoms with Gasteiger partial charge in [-0.2, -0.15) is 5.26 Å². The minimum absolute atomic E-state index is 0.0282. The molecule has 0 aliphatic rings. The number of benzene rings is 1. The summed E-state index contributed by atoms with van der Waals surface area (Å²) in [5, 5.41) is 19.6. The lowest BCUT2D eigenvalue weighted by Crippen LogP contribution is -2.22. The Bertz CT molecular complexity index is 895. The zero-order valence-electron chi connectivity index (χ0n) is 12.8. The van der Waals surface area contributed by atoms with Gasteiger partial charge in [0.25, 0.3) is 5.56 Å². The number of aromatic hydroxyl groups is 1.